The Morgan fingerprint density at radius 1 is 1.06 bits per heavy atom. The van der Waals surface area contributed by atoms with Crippen LogP contribution in [0.5, 0.6) is 0 Å². The van der Waals surface area contributed by atoms with Gasteiger partial charge in [-0.2, -0.15) is 13.2 Å². The highest BCUT2D eigenvalue weighted by Gasteiger charge is 2.30. The lowest BCUT2D eigenvalue weighted by atomic mass is 10.1. The number of rotatable bonds is 6. The summed E-state index contributed by atoms with van der Waals surface area (Å²) < 4.78 is 38.1. The molecule has 0 saturated carbocycles. The molecule has 0 atom stereocenters. The minimum atomic E-state index is -4.53. The first kappa shape index (κ1) is 22.5. The Bertz CT molecular complexity index is 1130. The van der Waals surface area contributed by atoms with Crippen molar-refractivity contribution >= 4 is 35.0 Å². The van der Waals surface area contributed by atoms with Crippen LogP contribution in [0.15, 0.2) is 67.1 Å². The van der Waals surface area contributed by atoms with E-state index in [0.29, 0.717) is 5.69 Å². The molecule has 1 aromatic carbocycles. The molecule has 0 aliphatic heterocycles. The van der Waals surface area contributed by atoms with E-state index in [4.69, 9.17) is 5.73 Å². The van der Waals surface area contributed by atoms with Crippen molar-refractivity contribution in [3.63, 3.8) is 0 Å². The number of hydrogen-bond donors (Lipinski definition) is 3. The van der Waals surface area contributed by atoms with Gasteiger partial charge in [-0.25, -0.2) is 4.98 Å². The number of anilines is 3. The second-order valence-electron chi connectivity index (χ2n) is 6.63. The number of amides is 2. The average molecular weight is 441 g/mol. The molecule has 0 saturated heterocycles. The Balaban J connectivity index is 1.56. The number of nitrogens with zero attached hydrogens (tertiary/aromatic N) is 2. The van der Waals surface area contributed by atoms with Gasteiger partial charge in [-0.05, 0) is 42.0 Å². The first-order valence-electron chi connectivity index (χ1n) is 9.33. The molecule has 0 bridgehead atoms. The zero-order chi connectivity index (χ0) is 23.1. The zero-order valence-corrected chi connectivity index (χ0v) is 16.6. The quantitative estimate of drug-likeness (QED) is 0.492. The van der Waals surface area contributed by atoms with Crippen molar-refractivity contribution in [2.45, 2.75) is 12.6 Å². The summed E-state index contributed by atoms with van der Waals surface area (Å²) in [5, 5.41) is 5.06. The molecule has 0 aliphatic carbocycles. The average Bonchev–Trinajstić information content (AvgIpc) is 2.75. The monoisotopic (exact) mass is 441 g/mol. The van der Waals surface area contributed by atoms with Crippen molar-refractivity contribution in [1.29, 1.82) is 0 Å². The van der Waals surface area contributed by atoms with E-state index in [1.165, 1.54) is 18.3 Å². The van der Waals surface area contributed by atoms with E-state index in [-0.39, 0.29) is 29.4 Å². The van der Waals surface area contributed by atoms with Crippen molar-refractivity contribution in [2.24, 2.45) is 0 Å². The van der Waals surface area contributed by atoms with Gasteiger partial charge in [0, 0.05) is 18.8 Å². The maximum absolute atomic E-state index is 12.7. The predicted molar refractivity (Wildman–Crippen MR) is 115 cm³/mol. The lowest BCUT2D eigenvalue weighted by molar-refractivity contribution is -0.137. The van der Waals surface area contributed by atoms with Crippen molar-refractivity contribution in [2.75, 3.05) is 16.4 Å². The summed E-state index contributed by atoms with van der Waals surface area (Å²) in [6.07, 6.45) is 3.67. The van der Waals surface area contributed by atoms with Gasteiger partial charge in [0.05, 0.1) is 28.8 Å². The van der Waals surface area contributed by atoms with Crippen molar-refractivity contribution < 1.29 is 22.8 Å². The topological polar surface area (TPSA) is 110 Å². The van der Waals surface area contributed by atoms with E-state index in [2.05, 4.69) is 20.6 Å². The van der Waals surface area contributed by atoms with Crippen LogP contribution in [0.1, 0.15) is 28.0 Å². The van der Waals surface area contributed by atoms with Crippen LogP contribution in [-0.2, 0) is 11.0 Å². The minimum absolute atomic E-state index is 0.00114. The van der Waals surface area contributed by atoms with Crippen LogP contribution < -0.4 is 16.4 Å². The van der Waals surface area contributed by atoms with Gasteiger partial charge in [0.1, 0.15) is 5.69 Å². The van der Waals surface area contributed by atoms with Crippen LogP contribution in [0.2, 0.25) is 0 Å². The number of alkyl halides is 3. The molecule has 10 heteroatoms. The third-order valence-corrected chi connectivity index (χ3v) is 4.20. The van der Waals surface area contributed by atoms with Gasteiger partial charge in [-0.15, -0.1) is 0 Å². The molecular weight excluding hydrogens is 423 g/mol. The summed E-state index contributed by atoms with van der Waals surface area (Å²) in [7, 11) is 0. The molecule has 0 aliphatic rings. The Morgan fingerprint density at radius 3 is 2.50 bits per heavy atom. The molecule has 3 rings (SSSR count). The zero-order valence-electron chi connectivity index (χ0n) is 16.6. The highest BCUT2D eigenvalue weighted by Crippen LogP contribution is 2.32. The summed E-state index contributed by atoms with van der Waals surface area (Å²) in [4.78, 5) is 32.3. The van der Waals surface area contributed by atoms with Gasteiger partial charge in [0.2, 0.25) is 5.91 Å². The number of halogens is 3. The van der Waals surface area contributed by atoms with E-state index in [1.807, 2.05) is 6.07 Å². The fourth-order valence-electron chi connectivity index (χ4n) is 2.63. The SMILES string of the molecule is Nc1cc(C(F)(F)F)ccc1NC(=O)c1ccc(NC(=O)C/C=C/c2cccnc2)cn1. The van der Waals surface area contributed by atoms with Crippen LogP contribution in [0, 0.1) is 0 Å². The Labute approximate surface area is 181 Å². The van der Waals surface area contributed by atoms with E-state index in [1.54, 1.807) is 30.6 Å². The summed E-state index contributed by atoms with van der Waals surface area (Å²) in [5.41, 5.74) is 5.75. The number of pyridine rings is 2. The number of nitrogens with two attached hydrogens (primary N) is 1. The number of carbonyl (C=O) groups excluding carboxylic acids is 2. The molecular formula is C22H18F3N5O2. The second kappa shape index (κ2) is 9.73. The summed E-state index contributed by atoms with van der Waals surface area (Å²) in [5.74, 6) is -0.935. The largest absolute Gasteiger partial charge is 0.416 e. The van der Waals surface area contributed by atoms with Gasteiger partial charge >= 0.3 is 6.18 Å². The number of nitrogens with one attached hydrogen (secondary N) is 2. The number of aromatic nitrogens is 2. The Kier molecular flexibility index (Phi) is 6.83. The highest BCUT2D eigenvalue weighted by molar-refractivity contribution is 6.04. The molecule has 4 N–H and O–H groups in total. The van der Waals surface area contributed by atoms with Gasteiger partial charge in [0.15, 0.2) is 0 Å². The Hall–Kier alpha value is -4.21. The molecule has 0 spiro atoms. The smallest absolute Gasteiger partial charge is 0.397 e. The molecule has 2 aromatic heterocycles. The van der Waals surface area contributed by atoms with E-state index < -0.39 is 17.6 Å². The van der Waals surface area contributed by atoms with Gasteiger partial charge in [-0.3, -0.25) is 14.6 Å². The van der Waals surface area contributed by atoms with Crippen LogP contribution in [-0.4, -0.2) is 21.8 Å². The van der Waals surface area contributed by atoms with Crippen LogP contribution >= 0.6 is 0 Å². The molecule has 3 aromatic rings. The maximum atomic E-state index is 12.7. The molecule has 32 heavy (non-hydrogen) atoms. The lowest BCUT2D eigenvalue weighted by Crippen LogP contribution is -2.16. The van der Waals surface area contributed by atoms with Crippen LogP contribution in [0.4, 0.5) is 30.2 Å². The molecule has 2 heterocycles. The third-order valence-electron chi connectivity index (χ3n) is 4.20. The number of nitrogen functional groups attached to an aromatic ring is 1. The van der Waals surface area contributed by atoms with E-state index in [9.17, 15) is 22.8 Å². The first-order valence-corrected chi connectivity index (χ1v) is 9.33. The predicted octanol–water partition coefficient (Wildman–Crippen LogP) is 4.37. The maximum Gasteiger partial charge on any atom is 0.416 e. The fourth-order valence-corrected chi connectivity index (χ4v) is 2.63. The summed E-state index contributed by atoms with van der Waals surface area (Å²) in [6.45, 7) is 0. The lowest BCUT2D eigenvalue weighted by Gasteiger charge is -2.12. The fraction of sp³-hybridized carbons (Fsp3) is 0.0909. The minimum Gasteiger partial charge on any atom is -0.397 e. The molecule has 164 valence electrons. The van der Waals surface area contributed by atoms with Crippen molar-refractivity contribution in [1.82, 2.24) is 9.97 Å². The second-order valence-corrected chi connectivity index (χ2v) is 6.63. The number of carbonyl (C=O) groups is 2. The third kappa shape index (κ3) is 6.14. The standard InChI is InChI=1S/C22H18F3N5O2/c23-22(24,25)15-6-8-18(17(26)11-15)30-21(32)19-9-7-16(13-28-19)29-20(31)5-1-3-14-4-2-10-27-12-14/h1-4,6-13H,5,26H2,(H,29,31)(H,30,32)/b3-1+. The van der Waals surface area contributed by atoms with Gasteiger partial charge in [-0.1, -0.05) is 18.2 Å². The van der Waals surface area contributed by atoms with Crippen LogP contribution in [0.25, 0.3) is 6.08 Å². The molecule has 7 nitrogen and oxygen atoms in total. The number of benzene rings is 1. The normalized spacial score (nSPS) is 11.3. The summed E-state index contributed by atoms with van der Waals surface area (Å²) in [6, 6.07) is 9.13. The Morgan fingerprint density at radius 2 is 1.88 bits per heavy atom. The first-order chi connectivity index (χ1) is 15.2. The number of hydrogen-bond acceptors (Lipinski definition) is 5. The molecule has 0 unspecified atom stereocenters. The van der Waals surface area contributed by atoms with Gasteiger partial charge < -0.3 is 16.4 Å². The van der Waals surface area contributed by atoms with E-state index >= 15 is 0 Å². The summed E-state index contributed by atoms with van der Waals surface area (Å²) >= 11 is 0. The van der Waals surface area contributed by atoms with Crippen LogP contribution in [0.3, 0.4) is 0 Å². The van der Waals surface area contributed by atoms with Crippen molar-refractivity contribution in [3.8, 4) is 0 Å². The molecule has 0 fully saturated rings. The molecule has 2 amide bonds. The molecule has 0 radical (unpaired) electrons. The van der Waals surface area contributed by atoms with E-state index in [0.717, 1.165) is 23.8 Å². The van der Waals surface area contributed by atoms with Crippen molar-refractivity contribution in [3.05, 3.63) is 84.0 Å². The highest BCUT2D eigenvalue weighted by atomic mass is 19.4. The van der Waals surface area contributed by atoms with Gasteiger partial charge in [0.25, 0.3) is 5.91 Å².